The first-order valence-electron chi connectivity index (χ1n) is 4.37. The smallest absolute Gasteiger partial charge is 0.135 e. The Morgan fingerprint density at radius 3 is 2.21 bits per heavy atom. The number of alkyl halides is 1. The summed E-state index contributed by atoms with van der Waals surface area (Å²) < 4.78 is 18.7. The average Bonchev–Trinajstić information content (AvgIpc) is 2.57. The zero-order valence-electron chi connectivity index (χ0n) is 8.08. The highest BCUT2D eigenvalue weighted by molar-refractivity contribution is 5.85. The lowest BCUT2D eigenvalue weighted by Crippen LogP contribution is -2.42. The quantitative estimate of drug-likeness (QED) is 0.777. The van der Waals surface area contributed by atoms with E-state index in [1.807, 2.05) is 0 Å². The molecule has 1 unspecified atom stereocenters. The largest absolute Gasteiger partial charge is 0.381 e. The molecule has 1 saturated heterocycles. The van der Waals surface area contributed by atoms with E-state index in [2.05, 4.69) is 0 Å². The van der Waals surface area contributed by atoms with E-state index in [4.69, 9.17) is 16.2 Å². The van der Waals surface area contributed by atoms with Gasteiger partial charge in [0.1, 0.15) is 5.67 Å². The molecule has 1 fully saturated rings. The molecule has 0 radical (unpaired) electrons. The van der Waals surface area contributed by atoms with Gasteiger partial charge in [0.15, 0.2) is 0 Å². The van der Waals surface area contributed by atoms with Gasteiger partial charge in [-0.25, -0.2) is 4.39 Å². The molecule has 1 aliphatic heterocycles. The van der Waals surface area contributed by atoms with Crippen LogP contribution < -0.4 is 11.5 Å². The summed E-state index contributed by atoms with van der Waals surface area (Å²) in [6.07, 6.45) is 1.38. The molecule has 0 aromatic heterocycles. The van der Waals surface area contributed by atoms with Gasteiger partial charge in [-0.3, -0.25) is 0 Å². The van der Waals surface area contributed by atoms with Crippen LogP contribution in [-0.2, 0) is 4.74 Å². The summed E-state index contributed by atoms with van der Waals surface area (Å²) in [6.45, 7) is 1.43. The molecule has 0 amide bonds. The number of rotatable bonds is 4. The molecule has 3 nitrogen and oxygen atoms in total. The third kappa shape index (κ3) is 4.75. The van der Waals surface area contributed by atoms with Gasteiger partial charge < -0.3 is 16.2 Å². The van der Waals surface area contributed by atoms with E-state index in [0.717, 1.165) is 13.0 Å². The molecule has 14 heavy (non-hydrogen) atoms. The van der Waals surface area contributed by atoms with Crippen molar-refractivity contribution < 1.29 is 9.13 Å². The predicted molar refractivity (Wildman–Crippen MR) is 60.0 cm³/mol. The fraction of sp³-hybridized carbons (Fsp3) is 1.00. The summed E-state index contributed by atoms with van der Waals surface area (Å²) in [6, 6.07) is 0. The highest BCUT2D eigenvalue weighted by atomic mass is 35.5. The van der Waals surface area contributed by atoms with E-state index in [0.29, 0.717) is 18.9 Å². The van der Waals surface area contributed by atoms with Crippen LogP contribution in [0.25, 0.3) is 0 Å². The predicted octanol–water partition coefficient (Wildman–Crippen LogP) is 0.882. The van der Waals surface area contributed by atoms with Crippen LogP contribution in [0.5, 0.6) is 0 Å². The molecule has 0 aliphatic carbocycles. The second-order valence-corrected chi connectivity index (χ2v) is 3.49. The van der Waals surface area contributed by atoms with Gasteiger partial charge in [0.2, 0.25) is 0 Å². The minimum Gasteiger partial charge on any atom is -0.381 e. The summed E-state index contributed by atoms with van der Waals surface area (Å²) in [5.41, 5.74) is 9.22. The fourth-order valence-electron chi connectivity index (χ4n) is 1.51. The highest BCUT2D eigenvalue weighted by Gasteiger charge is 2.31. The molecule has 4 N–H and O–H groups in total. The minimum absolute atomic E-state index is 0. The zero-order chi connectivity index (χ0) is 9.03. The van der Waals surface area contributed by atoms with Gasteiger partial charge in [-0.1, -0.05) is 0 Å². The lowest BCUT2D eigenvalue weighted by atomic mass is 9.91. The zero-order valence-corrected chi connectivity index (χ0v) is 9.71. The van der Waals surface area contributed by atoms with E-state index >= 15 is 0 Å². The fourth-order valence-corrected chi connectivity index (χ4v) is 1.51. The van der Waals surface area contributed by atoms with E-state index in [1.165, 1.54) is 0 Å². The Morgan fingerprint density at radius 1 is 1.29 bits per heavy atom. The maximum Gasteiger partial charge on any atom is 0.135 e. The van der Waals surface area contributed by atoms with Crippen LogP contribution in [-0.4, -0.2) is 32.0 Å². The van der Waals surface area contributed by atoms with Gasteiger partial charge in [0.25, 0.3) is 0 Å². The van der Waals surface area contributed by atoms with E-state index in [1.54, 1.807) is 0 Å². The number of ether oxygens (including phenoxy) is 1. The SMILES string of the molecule is Cl.Cl.NCC(F)(CN)CC1CCOC1. The summed E-state index contributed by atoms with van der Waals surface area (Å²) in [4.78, 5) is 0. The summed E-state index contributed by atoms with van der Waals surface area (Å²) in [5, 5.41) is 0. The first-order valence-corrected chi connectivity index (χ1v) is 4.37. The first-order chi connectivity index (χ1) is 5.70. The van der Waals surface area contributed by atoms with Crippen molar-refractivity contribution in [2.75, 3.05) is 26.3 Å². The third-order valence-corrected chi connectivity index (χ3v) is 2.41. The van der Waals surface area contributed by atoms with E-state index in [-0.39, 0.29) is 37.9 Å². The van der Waals surface area contributed by atoms with Crippen LogP contribution in [0.1, 0.15) is 12.8 Å². The Labute approximate surface area is 96.6 Å². The standard InChI is InChI=1S/C8H17FN2O.2ClH/c9-8(5-10,6-11)3-7-1-2-12-4-7;;/h7H,1-6,10-11H2;2*1H. The van der Waals surface area contributed by atoms with Gasteiger partial charge >= 0.3 is 0 Å². The molecule has 6 heteroatoms. The van der Waals surface area contributed by atoms with Crippen molar-refractivity contribution >= 4 is 24.8 Å². The van der Waals surface area contributed by atoms with E-state index in [9.17, 15) is 4.39 Å². The number of halogens is 3. The van der Waals surface area contributed by atoms with Crippen molar-refractivity contribution in [3.8, 4) is 0 Å². The lowest BCUT2D eigenvalue weighted by molar-refractivity contribution is 0.125. The molecule has 0 aromatic carbocycles. The van der Waals surface area contributed by atoms with Crippen LogP contribution >= 0.6 is 24.8 Å². The summed E-state index contributed by atoms with van der Waals surface area (Å²) in [5.74, 6) is 0.307. The van der Waals surface area contributed by atoms with Crippen molar-refractivity contribution in [2.24, 2.45) is 17.4 Å². The molecular formula is C8H19Cl2FN2O. The molecule has 88 valence electrons. The average molecular weight is 249 g/mol. The maximum absolute atomic E-state index is 13.6. The molecule has 0 bridgehead atoms. The second kappa shape index (κ2) is 7.65. The molecule has 1 atom stereocenters. The van der Waals surface area contributed by atoms with Crippen LogP contribution in [0.4, 0.5) is 4.39 Å². The molecule has 1 heterocycles. The molecule has 1 rings (SSSR count). The molecule has 0 saturated carbocycles. The van der Waals surface area contributed by atoms with Crippen molar-refractivity contribution in [1.82, 2.24) is 0 Å². The molecule has 0 aromatic rings. The van der Waals surface area contributed by atoms with Crippen molar-refractivity contribution in [2.45, 2.75) is 18.5 Å². The van der Waals surface area contributed by atoms with E-state index < -0.39 is 5.67 Å². The monoisotopic (exact) mass is 248 g/mol. The Morgan fingerprint density at radius 2 is 1.86 bits per heavy atom. The van der Waals surface area contributed by atoms with Crippen LogP contribution in [0.15, 0.2) is 0 Å². The summed E-state index contributed by atoms with van der Waals surface area (Å²) >= 11 is 0. The van der Waals surface area contributed by atoms with Crippen LogP contribution in [0, 0.1) is 5.92 Å². The number of hydrogen-bond acceptors (Lipinski definition) is 3. The lowest BCUT2D eigenvalue weighted by Gasteiger charge is -2.24. The van der Waals surface area contributed by atoms with Gasteiger partial charge in [-0.2, -0.15) is 0 Å². The van der Waals surface area contributed by atoms with Crippen molar-refractivity contribution in [3.05, 3.63) is 0 Å². The van der Waals surface area contributed by atoms with Crippen molar-refractivity contribution in [1.29, 1.82) is 0 Å². The third-order valence-electron chi connectivity index (χ3n) is 2.41. The second-order valence-electron chi connectivity index (χ2n) is 3.49. The normalized spacial score (nSPS) is 21.2. The minimum atomic E-state index is -1.38. The maximum atomic E-state index is 13.6. The van der Waals surface area contributed by atoms with Gasteiger partial charge in [0.05, 0.1) is 0 Å². The van der Waals surface area contributed by atoms with Gasteiger partial charge in [-0.15, -0.1) is 24.8 Å². The van der Waals surface area contributed by atoms with Crippen LogP contribution in [0.3, 0.4) is 0 Å². The Kier molecular flexibility index (Phi) is 9.19. The Balaban J connectivity index is 0. The first kappa shape index (κ1) is 16.8. The summed E-state index contributed by atoms with van der Waals surface area (Å²) in [7, 11) is 0. The molecule has 1 aliphatic rings. The van der Waals surface area contributed by atoms with Crippen molar-refractivity contribution in [3.63, 3.8) is 0 Å². The van der Waals surface area contributed by atoms with Crippen LogP contribution in [0.2, 0.25) is 0 Å². The Hall–Kier alpha value is 0.390. The Bertz CT molecular complexity index is 141. The number of nitrogens with two attached hydrogens (primary N) is 2. The topological polar surface area (TPSA) is 61.3 Å². The molecular weight excluding hydrogens is 230 g/mol. The molecule has 0 spiro atoms. The van der Waals surface area contributed by atoms with Gasteiger partial charge in [0, 0.05) is 26.3 Å². The highest BCUT2D eigenvalue weighted by Crippen LogP contribution is 2.25. The van der Waals surface area contributed by atoms with Gasteiger partial charge in [-0.05, 0) is 18.8 Å². The number of hydrogen-bond donors (Lipinski definition) is 2.